The molecule has 0 spiro atoms. The Morgan fingerprint density at radius 1 is 1.21 bits per heavy atom. The number of aryl methyl sites for hydroxylation is 1. The number of amides is 1. The number of nitrogens with one attached hydrogen (secondary N) is 3. The largest absolute Gasteiger partial charge is 0.325 e. The summed E-state index contributed by atoms with van der Waals surface area (Å²) in [7, 11) is -2.15. The molecule has 1 aliphatic rings. The minimum atomic E-state index is -3.60. The number of likely N-dealkylation sites (N-methyl/N-ethyl adjacent to an activating group) is 1. The predicted molar refractivity (Wildman–Crippen MR) is 95.1 cm³/mol. The summed E-state index contributed by atoms with van der Waals surface area (Å²) in [6, 6.07) is 5.18. The van der Waals surface area contributed by atoms with Crippen LogP contribution in [0.4, 0.5) is 5.69 Å². The highest BCUT2D eigenvalue weighted by Gasteiger charge is 2.42. The van der Waals surface area contributed by atoms with Crippen LogP contribution in [0.25, 0.3) is 0 Å². The zero-order valence-corrected chi connectivity index (χ0v) is 15.6. The van der Waals surface area contributed by atoms with Crippen molar-refractivity contribution in [2.24, 2.45) is 0 Å². The van der Waals surface area contributed by atoms with Crippen molar-refractivity contribution in [3.8, 4) is 0 Å². The van der Waals surface area contributed by atoms with Gasteiger partial charge in [-0.3, -0.25) is 15.6 Å². The zero-order chi connectivity index (χ0) is 18.1. The lowest BCUT2D eigenvalue weighted by Gasteiger charge is -2.25. The van der Waals surface area contributed by atoms with Crippen molar-refractivity contribution in [1.82, 2.24) is 15.2 Å². The van der Waals surface area contributed by atoms with Gasteiger partial charge in [-0.2, -0.15) is 4.31 Å². The van der Waals surface area contributed by atoms with E-state index in [-0.39, 0.29) is 24.5 Å². The van der Waals surface area contributed by atoms with E-state index in [0.29, 0.717) is 5.69 Å². The number of benzene rings is 1. The second-order valence-electron chi connectivity index (χ2n) is 6.43. The third kappa shape index (κ3) is 3.77. The molecule has 1 fully saturated rings. The monoisotopic (exact) mass is 354 g/mol. The van der Waals surface area contributed by atoms with E-state index in [1.807, 2.05) is 45.9 Å². The summed E-state index contributed by atoms with van der Waals surface area (Å²) in [4.78, 5) is 12.3. The molecule has 1 heterocycles. The van der Waals surface area contributed by atoms with Crippen molar-refractivity contribution < 1.29 is 13.2 Å². The van der Waals surface area contributed by atoms with Gasteiger partial charge in [0.2, 0.25) is 15.9 Å². The molecule has 2 unspecified atom stereocenters. The number of anilines is 1. The lowest BCUT2D eigenvalue weighted by atomic mass is 10.1. The molecule has 1 aliphatic heterocycles. The average Bonchev–Trinajstić information content (AvgIpc) is 2.83. The fourth-order valence-electron chi connectivity index (χ4n) is 2.95. The van der Waals surface area contributed by atoms with E-state index >= 15 is 0 Å². The number of hydrogen-bond acceptors (Lipinski definition) is 5. The van der Waals surface area contributed by atoms with Crippen molar-refractivity contribution in [2.75, 3.05) is 18.9 Å². The van der Waals surface area contributed by atoms with E-state index in [9.17, 15) is 13.2 Å². The molecule has 1 saturated heterocycles. The van der Waals surface area contributed by atoms with Crippen LogP contribution in [0, 0.1) is 13.8 Å². The Morgan fingerprint density at radius 2 is 1.79 bits per heavy atom. The Balaban J connectivity index is 2.07. The minimum absolute atomic E-state index is 0.217. The lowest BCUT2D eigenvalue weighted by Crippen LogP contribution is -2.47. The average molecular weight is 354 g/mol. The van der Waals surface area contributed by atoms with Gasteiger partial charge in [-0.1, -0.05) is 12.1 Å². The number of hydrogen-bond donors (Lipinski definition) is 3. The summed E-state index contributed by atoms with van der Waals surface area (Å²) in [5.74, 6) is -0.353. The van der Waals surface area contributed by atoms with E-state index in [0.717, 1.165) is 15.4 Å². The van der Waals surface area contributed by atoms with Crippen molar-refractivity contribution in [3.63, 3.8) is 0 Å². The van der Waals surface area contributed by atoms with E-state index in [1.54, 1.807) is 0 Å². The van der Waals surface area contributed by atoms with Crippen LogP contribution < -0.4 is 16.2 Å². The highest BCUT2D eigenvalue weighted by Crippen LogP contribution is 2.20. The van der Waals surface area contributed by atoms with Gasteiger partial charge in [-0.25, -0.2) is 8.42 Å². The maximum atomic E-state index is 12.7. The van der Waals surface area contributed by atoms with Crippen molar-refractivity contribution >= 4 is 21.6 Å². The zero-order valence-electron chi connectivity index (χ0n) is 14.8. The molecule has 2 rings (SSSR count). The summed E-state index contributed by atoms with van der Waals surface area (Å²) < 4.78 is 26.6. The molecule has 0 saturated carbocycles. The number of nitrogens with zero attached hydrogens (tertiary/aromatic N) is 1. The van der Waals surface area contributed by atoms with Crippen molar-refractivity contribution in [3.05, 3.63) is 29.3 Å². The van der Waals surface area contributed by atoms with Crippen LogP contribution in [0.1, 0.15) is 25.0 Å². The first-order chi connectivity index (χ1) is 11.1. The van der Waals surface area contributed by atoms with Crippen LogP contribution in [-0.4, -0.2) is 49.6 Å². The number of rotatable bonds is 5. The molecule has 0 radical (unpaired) electrons. The quantitative estimate of drug-likeness (QED) is 0.726. The smallest absolute Gasteiger partial charge is 0.239 e. The fourth-order valence-corrected chi connectivity index (χ4v) is 4.83. The van der Waals surface area contributed by atoms with E-state index in [1.165, 1.54) is 7.05 Å². The van der Waals surface area contributed by atoms with Crippen LogP contribution in [0.3, 0.4) is 0 Å². The first-order valence-corrected chi connectivity index (χ1v) is 9.47. The molecule has 24 heavy (non-hydrogen) atoms. The highest BCUT2D eigenvalue weighted by molar-refractivity contribution is 7.89. The maximum absolute atomic E-state index is 12.7. The second-order valence-corrected chi connectivity index (χ2v) is 8.62. The maximum Gasteiger partial charge on any atom is 0.239 e. The molecule has 2 atom stereocenters. The summed E-state index contributed by atoms with van der Waals surface area (Å²) in [6.45, 7) is 7.28. The molecule has 1 aromatic rings. The Kier molecular flexibility index (Phi) is 5.64. The molecule has 0 aliphatic carbocycles. The highest BCUT2D eigenvalue weighted by atomic mass is 32.2. The van der Waals surface area contributed by atoms with Gasteiger partial charge in [0.15, 0.2) is 0 Å². The third-order valence-corrected chi connectivity index (χ3v) is 7.05. The van der Waals surface area contributed by atoms with Gasteiger partial charge in [0.25, 0.3) is 0 Å². The van der Waals surface area contributed by atoms with E-state index in [4.69, 9.17) is 0 Å². The van der Waals surface area contributed by atoms with Gasteiger partial charge < -0.3 is 5.32 Å². The normalized spacial score (nSPS) is 24.3. The number of carbonyl (C=O) groups is 1. The van der Waals surface area contributed by atoms with Crippen molar-refractivity contribution in [1.29, 1.82) is 0 Å². The van der Waals surface area contributed by atoms with Crippen LogP contribution in [0.2, 0.25) is 0 Å². The number of carbonyl (C=O) groups excluding carboxylic acids is 1. The summed E-state index contributed by atoms with van der Waals surface area (Å²) in [5.41, 5.74) is 8.61. The molecule has 1 aromatic carbocycles. The molecular weight excluding hydrogens is 328 g/mol. The molecule has 7 nitrogen and oxygen atoms in total. The van der Waals surface area contributed by atoms with Crippen LogP contribution in [0.5, 0.6) is 0 Å². The Morgan fingerprint density at radius 3 is 2.38 bits per heavy atom. The molecule has 0 aromatic heterocycles. The molecule has 8 heteroatoms. The van der Waals surface area contributed by atoms with Gasteiger partial charge in [0.1, 0.15) is 5.25 Å². The molecule has 1 amide bonds. The fraction of sp³-hybridized carbons (Fsp3) is 0.562. The number of sulfonamides is 1. The van der Waals surface area contributed by atoms with Gasteiger partial charge in [-0.15, -0.1) is 0 Å². The second kappa shape index (κ2) is 7.18. The molecular formula is C16H26N4O3S. The minimum Gasteiger partial charge on any atom is -0.325 e. The van der Waals surface area contributed by atoms with E-state index < -0.39 is 15.3 Å². The van der Waals surface area contributed by atoms with Gasteiger partial charge >= 0.3 is 0 Å². The third-order valence-electron chi connectivity index (χ3n) is 4.55. The van der Waals surface area contributed by atoms with Crippen LogP contribution in [0.15, 0.2) is 18.2 Å². The Hall–Kier alpha value is -1.48. The summed E-state index contributed by atoms with van der Waals surface area (Å²) in [5, 5.41) is 2.18. The SMILES string of the molecule is Cc1cccc(NC(=O)CN(C)S(=O)(=O)C2C(C)NNC2C)c1C. The Labute approximate surface area is 143 Å². The Bertz CT molecular complexity index is 710. The lowest BCUT2D eigenvalue weighted by molar-refractivity contribution is -0.116. The van der Waals surface area contributed by atoms with Crippen LogP contribution in [-0.2, 0) is 14.8 Å². The standard InChI is InChI=1S/C16H26N4O3S/c1-10-7-6-8-14(11(10)2)17-15(21)9-20(5)24(22,23)16-12(3)18-19-13(16)4/h6-8,12-13,16,18-19H,9H2,1-5H3,(H,17,21). The van der Waals surface area contributed by atoms with Gasteiger partial charge in [0.05, 0.1) is 6.54 Å². The first-order valence-electron chi connectivity index (χ1n) is 7.97. The van der Waals surface area contributed by atoms with E-state index in [2.05, 4.69) is 16.2 Å². The predicted octanol–water partition coefficient (Wildman–Crippen LogP) is 0.757. The molecule has 134 valence electrons. The molecule has 3 N–H and O–H groups in total. The van der Waals surface area contributed by atoms with Crippen LogP contribution >= 0.6 is 0 Å². The van der Waals surface area contributed by atoms with Crippen molar-refractivity contribution in [2.45, 2.75) is 45.0 Å². The molecule has 0 bridgehead atoms. The topological polar surface area (TPSA) is 90.5 Å². The summed E-state index contributed by atoms with van der Waals surface area (Å²) >= 11 is 0. The number of hydrazine groups is 1. The van der Waals surface area contributed by atoms with Gasteiger partial charge in [-0.05, 0) is 44.9 Å². The first kappa shape index (κ1) is 18.9. The van der Waals surface area contributed by atoms with Gasteiger partial charge in [0, 0.05) is 24.8 Å². The summed E-state index contributed by atoms with van der Waals surface area (Å²) in [6.07, 6.45) is 0.